The minimum absolute atomic E-state index is 0.647. The molecule has 0 radical (unpaired) electrons. The van der Waals surface area contributed by atoms with Crippen molar-refractivity contribution in [3.05, 3.63) is 24.3 Å². The van der Waals surface area contributed by atoms with E-state index in [2.05, 4.69) is 24.3 Å². The first-order chi connectivity index (χ1) is 8.24. The van der Waals surface area contributed by atoms with Gasteiger partial charge in [0.25, 0.3) is 0 Å². The predicted molar refractivity (Wildman–Crippen MR) is 69.9 cm³/mol. The van der Waals surface area contributed by atoms with Crippen LogP contribution in [-0.2, 0) is 0 Å². The number of rotatable bonds is 8. The number of nitrogens with one attached hydrogen (secondary N) is 1. The van der Waals surface area contributed by atoms with Crippen LogP contribution < -0.4 is 14.8 Å². The molecule has 1 rings (SSSR count). The average Bonchev–Trinajstić information content (AvgIpc) is 2.33. The van der Waals surface area contributed by atoms with Crippen molar-refractivity contribution in [3.63, 3.8) is 0 Å². The third-order valence-corrected chi connectivity index (χ3v) is 2.34. The van der Waals surface area contributed by atoms with E-state index < -0.39 is 0 Å². The average molecular weight is 238 g/mol. The molecule has 0 saturated carbocycles. The van der Waals surface area contributed by atoms with Gasteiger partial charge in [-0.2, -0.15) is 0 Å². The zero-order valence-corrected chi connectivity index (χ0v) is 10.9. The van der Waals surface area contributed by atoms with Gasteiger partial charge in [-0.25, -0.2) is 0 Å². The Morgan fingerprint density at radius 3 is 2.47 bits per heavy atom. The van der Waals surface area contributed by atoms with Gasteiger partial charge in [0.2, 0.25) is 0 Å². The van der Waals surface area contributed by atoms with E-state index in [1.807, 2.05) is 24.3 Å². The molecule has 1 N–H and O–H groups in total. The smallest absolute Gasteiger partial charge is 0.161 e. The lowest BCUT2D eigenvalue weighted by molar-refractivity contribution is 0.289. The van der Waals surface area contributed by atoms with Crippen LogP contribution in [0.1, 0.15) is 0 Å². The number of hydrogen-bond acceptors (Lipinski definition) is 4. The van der Waals surface area contributed by atoms with Crippen LogP contribution in [0.25, 0.3) is 0 Å². The monoisotopic (exact) mass is 238 g/mol. The van der Waals surface area contributed by atoms with E-state index in [0.717, 1.165) is 31.1 Å². The van der Waals surface area contributed by atoms with Crippen LogP contribution in [0.15, 0.2) is 24.3 Å². The standard InChI is InChI=1S/C13H22N2O2/c1-15(2)10-8-14-9-11-17-13-7-5-4-6-12(13)16-3/h4-7,14H,8-11H2,1-3H3. The second kappa shape index (κ2) is 7.92. The highest BCUT2D eigenvalue weighted by molar-refractivity contribution is 5.39. The van der Waals surface area contributed by atoms with E-state index in [1.54, 1.807) is 7.11 Å². The molecule has 0 aliphatic rings. The molecule has 0 heterocycles. The number of benzene rings is 1. The molecule has 0 bridgehead atoms. The summed E-state index contributed by atoms with van der Waals surface area (Å²) in [5, 5.41) is 3.32. The summed E-state index contributed by atoms with van der Waals surface area (Å²) in [6.45, 7) is 3.50. The van der Waals surface area contributed by atoms with Gasteiger partial charge in [-0.1, -0.05) is 12.1 Å². The van der Waals surface area contributed by atoms with Crippen molar-refractivity contribution in [3.8, 4) is 11.5 Å². The van der Waals surface area contributed by atoms with Crippen molar-refractivity contribution in [2.75, 3.05) is 47.4 Å². The Bertz CT molecular complexity index is 316. The Hall–Kier alpha value is -1.26. The first-order valence-electron chi connectivity index (χ1n) is 5.85. The molecule has 0 saturated heterocycles. The normalized spacial score (nSPS) is 10.6. The fourth-order valence-corrected chi connectivity index (χ4v) is 1.40. The Kier molecular flexibility index (Phi) is 6.43. The summed E-state index contributed by atoms with van der Waals surface area (Å²) in [6, 6.07) is 7.69. The van der Waals surface area contributed by atoms with Crippen LogP contribution in [0.4, 0.5) is 0 Å². The van der Waals surface area contributed by atoms with E-state index in [0.29, 0.717) is 6.61 Å². The molecule has 0 aromatic heterocycles. The summed E-state index contributed by atoms with van der Waals surface area (Å²) < 4.78 is 10.8. The van der Waals surface area contributed by atoms with E-state index >= 15 is 0 Å². The third-order valence-electron chi connectivity index (χ3n) is 2.34. The second-order valence-corrected chi connectivity index (χ2v) is 4.05. The van der Waals surface area contributed by atoms with Crippen molar-refractivity contribution in [1.29, 1.82) is 0 Å². The minimum atomic E-state index is 0.647. The van der Waals surface area contributed by atoms with Gasteiger partial charge in [-0.05, 0) is 26.2 Å². The van der Waals surface area contributed by atoms with Gasteiger partial charge in [-0.3, -0.25) is 0 Å². The lowest BCUT2D eigenvalue weighted by atomic mass is 10.3. The fraction of sp³-hybridized carbons (Fsp3) is 0.538. The second-order valence-electron chi connectivity index (χ2n) is 4.05. The van der Waals surface area contributed by atoms with Gasteiger partial charge in [0, 0.05) is 19.6 Å². The number of para-hydroxylation sites is 2. The highest BCUT2D eigenvalue weighted by Gasteiger charge is 2.01. The third kappa shape index (κ3) is 5.56. The van der Waals surface area contributed by atoms with Crippen molar-refractivity contribution in [2.45, 2.75) is 0 Å². The van der Waals surface area contributed by atoms with Crippen LogP contribution in [0, 0.1) is 0 Å². The minimum Gasteiger partial charge on any atom is -0.493 e. The summed E-state index contributed by atoms with van der Waals surface area (Å²) in [7, 11) is 5.78. The highest BCUT2D eigenvalue weighted by Crippen LogP contribution is 2.25. The molecule has 0 amide bonds. The Morgan fingerprint density at radius 2 is 1.82 bits per heavy atom. The van der Waals surface area contributed by atoms with Crippen molar-refractivity contribution >= 4 is 0 Å². The predicted octanol–water partition coefficient (Wildman–Crippen LogP) is 1.23. The molecule has 17 heavy (non-hydrogen) atoms. The maximum atomic E-state index is 5.63. The Morgan fingerprint density at radius 1 is 1.12 bits per heavy atom. The van der Waals surface area contributed by atoms with E-state index in [1.165, 1.54) is 0 Å². The van der Waals surface area contributed by atoms with E-state index in [4.69, 9.17) is 9.47 Å². The van der Waals surface area contributed by atoms with Gasteiger partial charge in [0.15, 0.2) is 11.5 Å². The largest absolute Gasteiger partial charge is 0.493 e. The summed E-state index contributed by atoms with van der Waals surface area (Å²) in [5.41, 5.74) is 0. The number of hydrogen-bond donors (Lipinski definition) is 1. The van der Waals surface area contributed by atoms with Gasteiger partial charge in [0.1, 0.15) is 6.61 Å². The van der Waals surface area contributed by atoms with Crippen molar-refractivity contribution in [1.82, 2.24) is 10.2 Å². The van der Waals surface area contributed by atoms with Crippen molar-refractivity contribution < 1.29 is 9.47 Å². The molecule has 4 heteroatoms. The molecule has 4 nitrogen and oxygen atoms in total. The molecular weight excluding hydrogens is 216 g/mol. The van der Waals surface area contributed by atoms with Crippen LogP contribution in [0.5, 0.6) is 11.5 Å². The molecule has 0 atom stereocenters. The van der Waals surface area contributed by atoms with Crippen LogP contribution >= 0.6 is 0 Å². The molecule has 1 aromatic carbocycles. The van der Waals surface area contributed by atoms with Crippen LogP contribution in [0.3, 0.4) is 0 Å². The lowest BCUT2D eigenvalue weighted by Crippen LogP contribution is -2.29. The maximum Gasteiger partial charge on any atom is 0.161 e. The van der Waals surface area contributed by atoms with Crippen molar-refractivity contribution in [2.24, 2.45) is 0 Å². The summed E-state index contributed by atoms with van der Waals surface area (Å²) in [5.74, 6) is 1.57. The van der Waals surface area contributed by atoms with Gasteiger partial charge in [0.05, 0.1) is 7.11 Å². The molecule has 0 spiro atoms. The van der Waals surface area contributed by atoms with Gasteiger partial charge >= 0.3 is 0 Å². The number of methoxy groups -OCH3 is 1. The topological polar surface area (TPSA) is 33.7 Å². The zero-order chi connectivity index (χ0) is 12.5. The summed E-state index contributed by atoms with van der Waals surface area (Å²) in [4.78, 5) is 2.15. The number of ether oxygens (including phenoxy) is 2. The zero-order valence-electron chi connectivity index (χ0n) is 10.9. The SMILES string of the molecule is COc1ccccc1OCCNCCN(C)C. The Balaban J connectivity index is 2.17. The van der Waals surface area contributed by atoms with Crippen LogP contribution in [0.2, 0.25) is 0 Å². The van der Waals surface area contributed by atoms with E-state index in [-0.39, 0.29) is 0 Å². The van der Waals surface area contributed by atoms with Crippen LogP contribution in [-0.4, -0.2) is 52.3 Å². The van der Waals surface area contributed by atoms with E-state index in [9.17, 15) is 0 Å². The molecule has 0 fully saturated rings. The quantitative estimate of drug-likeness (QED) is 0.691. The first kappa shape index (κ1) is 13.8. The molecule has 0 aliphatic carbocycles. The summed E-state index contributed by atoms with van der Waals surface area (Å²) >= 11 is 0. The number of nitrogens with zero attached hydrogens (tertiary/aromatic N) is 1. The molecule has 0 aliphatic heterocycles. The molecular formula is C13H22N2O2. The molecule has 1 aromatic rings. The van der Waals surface area contributed by atoms with Gasteiger partial charge in [-0.15, -0.1) is 0 Å². The molecule has 96 valence electrons. The lowest BCUT2D eigenvalue weighted by Gasteiger charge is -2.12. The van der Waals surface area contributed by atoms with Gasteiger partial charge < -0.3 is 19.7 Å². The highest BCUT2D eigenvalue weighted by atomic mass is 16.5. The Labute approximate surface area is 104 Å². The number of likely N-dealkylation sites (N-methyl/N-ethyl adjacent to an activating group) is 1. The molecule has 0 unspecified atom stereocenters. The first-order valence-corrected chi connectivity index (χ1v) is 5.85. The maximum absolute atomic E-state index is 5.63. The fourth-order valence-electron chi connectivity index (χ4n) is 1.40. The summed E-state index contributed by atoms with van der Waals surface area (Å²) in [6.07, 6.45) is 0.